The van der Waals surface area contributed by atoms with E-state index in [-0.39, 0.29) is 18.7 Å². The van der Waals surface area contributed by atoms with E-state index in [0.717, 1.165) is 4.90 Å². The number of alkyl halides is 3. The number of sulfone groups is 1. The summed E-state index contributed by atoms with van der Waals surface area (Å²) in [6.45, 7) is -0.429. The summed E-state index contributed by atoms with van der Waals surface area (Å²) in [4.78, 5) is 12.7. The Morgan fingerprint density at radius 1 is 1.45 bits per heavy atom. The number of carbonyl (C=O) groups excluding carboxylic acids is 1. The van der Waals surface area contributed by atoms with Crippen LogP contribution in [-0.4, -0.2) is 66.7 Å². The first-order valence-electron chi connectivity index (χ1n) is 5.90. The molecule has 1 rings (SSSR count). The van der Waals surface area contributed by atoms with Crippen LogP contribution in [-0.2, 0) is 14.6 Å². The summed E-state index contributed by atoms with van der Waals surface area (Å²) in [7, 11) is -3.37. The normalized spacial score (nSPS) is 25.2. The van der Waals surface area contributed by atoms with Gasteiger partial charge in [0.1, 0.15) is 0 Å². The fourth-order valence-corrected chi connectivity index (χ4v) is 3.73. The van der Waals surface area contributed by atoms with Gasteiger partial charge >= 0.3 is 6.18 Å². The Labute approximate surface area is 114 Å². The molecule has 118 valence electrons. The highest BCUT2D eigenvalue weighted by Gasteiger charge is 2.56. The van der Waals surface area contributed by atoms with Gasteiger partial charge in [-0.3, -0.25) is 4.79 Å². The van der Waals surface area contributed by atoms with Crippen molar-refractivity contribution in [1.29, 1.82) is 0 Å². The summed E-state index contributed by atoms with van der Waals surface area (Å²) in [5.41, 5.74) is 1.94. The molecule has 0 bridgehead atoms. The number of nitrogens with two attached hydrogens (primary N) is 1. The zero-order valence-electron chi connectivity index (χ0n) is 10.9. The van der Waals surface area contributed by atoms with E-state index in [9.17, 15) is 26.4 Å². The van der Waals surface area contributed by atoms with Gasteiger partial charge in [-0.1, -0.05) is 0 Å². The molecule has 0 aromatic carbocycles. The number of nitrogens with zero attached hydrogens (tertiary/aromatic N) is 1. The highest BCUT2D eigenvalue weighted by molar-refractivity contribution is 7.91. The topological polar surface area (TPSA) is 101 Å². The van der Waals surface area contributed by atoms with Gasteiger partial charge in [0.15, 0.2) is 15.4 Å². The number of hydrogen-bond donors (Lipinski definition) is 2. The molecule has 2 atom stereocenters. The number of carbonyl (C=O) groups is 1. The quantitative estimate of drug-likeness (QED) is 0.712. The van der Waals surface area contributed by atoms with Crippen LogP contribution in [0.25, 0.3) is 0 Å². The van der Waals surface area contributed by atoms with Crippen molar-refractivity contribution < 1.29 is 31.5 Å². The van der Waals surface area contributed by atoms with E-state index < -0.39 is 45.9 Å². The Hall–Kier alpha value is -0.870. The monoisotopic (exact) mass is 318 g/mol. The molecule has 1 saturated heterocycles. The first-order chi connectivity index (χ1) is 8.92. The SMILES string of the molecule is CC(N)(C(=O)N(CCO)C1CCS(=O)(=O)C1)C(F)(F)F. The molecule has 0 aliphatic carbocycles. The smallest absolute Gasteiger partial charge is 0.395 e. The van der Waals surface area contributed by atoms with E-state index in [2.05, 4.69) is 0 Å². The van der Waals surface area contributed by atoms with E-state index in [1.54, 1.807) is 0 Å². The number of halogens is 3. The fourth-order valence-electron chi connectivity index (χ4n) is 2.00. The van der Waals surface area contributed by atoms with Crippen LogP contribution in [0.15, 0.2) is 0 Å². The predicted molar refractivity (Wildman–Crippen MR) is 64.5 cm³/mol. The molecule has 1 amide bonds. The lowest BCUT2D eigenvalue weighted by molar-refractivity contribution is -0.195. The van der Waals surface area contributed by atoms with Gasteiger partial charge in [-0.05, 0) is 13.3 Å². The van der Waals surface area contributed by atoms with Crippen molar-refractivity contribution in [3.63, 3.8) is 0 Å². The van der Waals surface area contributed by atoms with Crippen molar-refractivity contribution in [2.24, 2.45) is 5.73 Å². The predicted octanol–water partition coefficient (Wildman–Crippen LogP) is -0.726. The van der Waals surface area contributed by atoms with Crippen molar-refractivity contribution in [3.05, 3.63) is 0 Å². The second-order valence-corrected chi connectivity index (χ2v) is 7.21. The van der Waals surface area contributed by atoms with Gasteiger partial charge in [0, 0.05) is 12.6 Å². The number of aliphatic hydroxyl groups is 1. The molecular weight excluding hydrogens is 301 g/mol. The van der Waals surface area contributed by atoms with E-state index >= 15 is 0 Å². The number of amides is 1. The van der Waals surface area contributed by atoms with Gasteiger partial charge in [0.2, 0.25) is 0 Å². The molecule has 20 heavy (non-hydrogen) atoms. The van der Waals surface area contributed by atoms with Gasteiger partial charge in [-0.2, -0.15) is 13.2 Å². The summed E-state index contributed by atoms with van der Waals surface area (Å²) in [6.07, 6.45) is -4.92. The van der Waals surface area contributed by atoms with Gasteiger partial charge in [0.05, 0.1) is 18.1 Å². The molecule has 10 heteroatoms. The van der Waals surface area contributed by atoms with E-state index in [0.29, 0.717) is 6.92 Å². The Kier molecular flexibility index (Phi) is 4.72. The summed E-state index contributed by atoms with van der Waals surface area (Å²) in [5.74, 6) is -2.03. The summed E-state index contributed by atoms with van der Waals surface area (Å²) in [6, 6.07) is -0.884. The van der Waals surface area contributed by atoms with E-state index in [4.69, 9.17) is 10.8 Å². The lowest BCUT2D eigenvalue weighted by atomic mass is 10.00. The largest absolute Gasteiger partial charge is 0.415 e. The zero-order chi connectivity index (χ0) is 15.8. The molecule has 1 aliphatic heterocycles. The molecule has 0 radical (unpaired) electrons. The minimum atomic E-state index is -4.96. The van der Waals surface area contributed by atoms with E-state index in [1.807, 2.05) is 0 Å². The molecular formula is C10H17F3N2O4S. The Morgan fingerprint density at radius 2 is 2.00 bits per heavy atom. The highest BCUT2D eigenvalue weighted by atomic mass is 32.2. The highest BCUT2D eigenvalue weighted by Crippen LogP contribution is 2.31. The first-order valence-corrected chi connectivity index (χ1v) is 7.72. The lowest BCUT2D eigenvalue weighted by Gasteiger charge is -2.35. The van der Waals surface area contributed by atoms with Gasteiger partial charge < -0.3 is 15.7 Å². The van der Waals surface area contributed by atoms with Crippen molar-refractivity contribution in [2.45, 2.75) is 31.1 Å². The van der Waals surface area contributed by atoms with Crippen LogP contribution in [0.5, 0.6) is 0 Å². The van der Waals surface area contributed by atoms with Gasteiger partial charge in [-0.25, -0.2) is 8.42 Å². The lowest BCUT2D eigenvalue weighted by Crippen LogP contribution is -2.64. The molecule has 3 N–H and O–H groups in total. The van der Waals surface area contributed by atoms with Crippen LogP contribution in [0.3, 0.4) is 0 Å². The maximum Gasteiger partial charge on any atom is 0.415 e. The second-order valence-electron chi connectivity index (χ2n) is 4.98. The Morgan fingerprint density at radius 3 is 2.35 bits per heavy atom. The molecule has 0 spiro atoms. The summed E-state index contributed by atoms with van der Waals surface area (Å²) >= 11 is 0. The van der Waals surface area contributed by atoms with Crippen LogP contribution in [0.4, 0.5) is 13.2 Å². The average Bonchev–Trinajstić information content (AvgIpc) is 2.64. The minimum Gasteiger partial charge on any atom is -0.395 e. The molecule has 1 heterocycles. The second kappa shape index (κ2) is 5.49. The van der Waals surface area contributed by atoms with Crippen molar-refractivity contribution in [3.8, 4) is 0 Å². The van der Waals surface area contributed by atoms with Crippen LogP contribution in [0.1, 0.15) is 13.3 Å². The summed E-state index contributed by atoms with van der Waals surface area (Å²) < 4.78 is 61.0. The third-order valence-corrected chi connectivity index (χ3v) is 5.03. The molecule has 6 nitrogen and oxygen atoms in total. The van der Waals surface area contributed by atoms with Crippen LogP contribution >= 0.6 is 0 Å². The number of hydrogen-bond acceptors (Lipinski definition) is 5. The molecule has 0 aromatic heterocycles. The van der Waals surface area contributed by atoms with E-state index in [1.165, 1.54) is 0 Å². The van der Waals surface area contributed by atoms with Crippen molar-refractivity contribution >= 4 is 15.7 Å². The standard InChI is InChI=1S/C10H17F3N2O4S/c1-9(14,10(11,12)13)8(17)15(3-4-16)7-2-5-20(18,19)6-7/h7,16H,2-6,14H2,1H3. The fraction of sp³-hybridized carbons (Fsp3) is 0.900. The van der Waals surface area contributed by atoms with Crippen LogP contribution in [0, 0.1) is 0 Å². The van der Waals surface area contributed by atoms with Crippen LogP contribution in [0.2, 0.25) is 0 Å². The molecule has 1 fully saturated rings. The zero-order valence-corrected chi connectivity index (χ0v) is 11.7. The molecule has 0 saturated carbocycles. The molecule has 2 unspecified atom stereocenters. The Bertz CT molecular complexity index is 475. The number of rotatable bonds is 4. The van der Waals surface area contributed by atoms with Gasteiger partial charge in [-0.15, -0.1) is 0 Å². The first kappa shape index (κ1) is 17.2. The number of aliphatic hydroxyl groups excluding tert-OH is 1. The average molecular weight is 318 g/mol. The molecule has 1 aliphatic rings. The van der Waals surface area contributed by atoms with Crippen molar-refractivity contribution in [2.75, 3.05) is 24.7 Å². The minimum absolute atomic E-state index is 0.0437. The third-order valence-electron chi connectivity index (χ3n) is 3.28. The third kappa shape index (κ3) is 3.41. The maximum absolute atomic E-state index is 12.8. The van der Waals surface area contributed by atoms with Crippen molar-refractivity contribution in [1.82, 2.24) is 4.90 Å². The van der Waals surface area contributed by atoms with Gasteiger partial charge in [0.25, 0.3) is 5.91 Å². The summed E-state index contributed by atoms with van der Waals surface area (Å²) in [5, 5.41) is 8.88. The molecule has 0 aromatic rings. The van der Waals surface area contributed by atoms with Crippen LogP contribution < -0.4 is 5.73 Å². The maximum atomic E-state index is 12.8. The Balaban J connectivity index is 3.00.